The van der Waals surface area contributed by atoms with E-state index in [0.717, 1.165) is 0 Å². The molecule has 1 fully saturated rings. The van der Waals surface area contributed by atoms with Crippen LogP contribution in [-0.2, 0) is 0 Å². The van der Waals surface area contributed by atoms with Crippen molar-refractivity contribution in [3.05, 3.63) is 12.2 Å². The molecule has 1 rings (SSSR count). The fourth-order valence-corrected chi connectivity index (χ4v) is 2.10. The fraction of sp³-hybridized carbons (Fsp3) is 0.800. The Labute approximate surface area is 118 Å². The van der Waals surface area contributed by atoms with Crippen LogP contribution < -0.4 is 0 Å². The van der Waals surface area contributed by atoms with E-state index in [-0.39, 0.29) is 0 Å². The molecule has 0 N–H and O–H groups in total. The van der Waals surface area contributed by atoms with E-state index in [2.05, 4.69) is 0 Å². The van der Waals surface area contributed by atoms with Crippen LogP contribution >= 0.6 is 0 Å². The molecule has 2 nitrogen and oxygen atoms in total. The quantitative estimate of drug-likeness (QED) is 0.540. The predicted octanol–water partition coefficient (Wildman–Crippen LogP) is 4.37. The molecular weight excluding hydrogens is 338 g/mol. The number of rotatable bonds is 2. The van der Waals surface area contributed by atoms with Gasteiger partial charge in [0, 0.05) is 13.1 Å². The minimum absolute atomic E-state index is 0.295. The second kappa shape index (κ2) is 6.03. The van der Waals surface area contributed by atoms with Gasteiger partial charge in [-0.05, 0) is 12.8 Å². The van der Waals surface area contributed by atoms with E-state index in [1.165, 1.54) is 0 Å². The molecule has 1 saturated heterocycles. The topological polar surface area (TPSA) is 6.48 Å². The molecular formula is C10H10F10N2. The van der Waals surface area contributed by atoms with E-state index in [0.29, 0.717) is 4.90 Å². The average Bonchev–Trinajstić information content (AvgIpc) is 2.31. The van der Waals surface area contributed by atoms with Crippen molar-refractivity contribution in [2.75, 3.05) is 13.1 Å². The van der Waals surface area contributed by atoms with Gasteiger partial charge in [-0.25, -0.2) is 4.39 Å². The van der Waals surface area contributed by atoms with E-state index < -0.39 is 67.7 Å². The second-order valence-corrected chi connectivity index (χ2v) is 4.54. The summed E-state index contributed by atoms with van der Waals surface area (Å²) in [7, 11) is 0. The normalized spacial score (nSPS) is 19.5. The summed E-state index contributed by atoms with van der Waals surface area (Å²) in [6, 6.07) is 0. The summed E-state index contributed by atoms with van der Waals surface area (Å²) in [5.41, 5.74) is 0. The van der Waals surface area contributed by atoms with Gasteiger partial charge in [-0.3, -0.25) is 0 Å². The largest absolute Gasteiger partial charge is 0.493 e. The summed E-state index contributed by atoms with van der Waals surface area (Å²) in [5.74, 6) is -3.71. The van der Waals surface area contributed by atoms with Gasteiger partial charge in [0.05, 0.1) is 5.92 Å². The maximum absolute atomic E-state index is 12.6. The van der Waals surface area contributed by atoms with Gasteiger partial charge in [0.25, 0.3) is 0 Å². The average molecular weight is 348 g/mol. The van der Waals surface area contributed by atoms with Gasteiger partial charge in [-0.2, -0.15) is 18.1 Å². The van der Waals surface area contributed by atoms with Crippen molar-refractivity contribution in [2.45, 2.75) is 31.6 Å². The van der Waals surface area contributed by atoms with Gasteiger partial charge in [0.15, 0.2) is 0 Å². The Bertz CT molecular complexity index is 385. The predicted molar refractivity (Wildman–Crippen MR) is 53.5 cm³/mol. The third-order valence-corrected chi connectivity index (χ3v) is 3.12. The molecule has 130 valence electrons. The van der Waals surface area contributed by atoms with Crippen molar-refractivity contribution in [2.24, 2.45) is 5.92 Å². The second-order valence-electron chi connectivity index (χ2n) is 4.54. The Balaban J connectivity index is 2.94. The number of piperidine rings is 1. The van der Waals surface area contributed by atoms with Crippen LogP contribution in [0.25, 0.3) is 0 Å². The van der Waals surface area contributed by atoms with Crippen molar-refractivity contribution in [3.8, 4) is 0 Å². The first-order valence-corrected chi connectivity index (χ1v) is 5.84. The zero-order valence-electron chi connectivity index (χ0n) is 10.7. The first kappa shape index (κ1) is 18.7. The molecule has 22 heavy (non-hydrogen) atoms. The van der Waals surface area contributed by atoms with Crippen LogP contribution in [0.15, 0.2) is 12.2 Å². The standard InChI is InChI=1S/C10H10F10N2/c11-5-7(22(9(15,16)17)10(18,19)20)21-3-1-6(2-4-21)8(12,13)14/h5-6H,1-4H2/b7-5+. The number of hydrogen-bond donors (Lipinski definition) is 0. The SMILES string of the molecule is F/C=C(\N1CCC(C(F)(F)F)CC1)N(C(F)(F)F)C(F)(F)F. The van der Waals surface area contributed by atoms with Gasteiger partial charge >= 0.3 is 18.8 Å². The molecule has 0 radical (unpaired) electrons. The van der Waals surface area contributed by atoms with Crippen molar-refractivity contribution < 1.29 is 43.9 Å². The molecule has 0 amide bonds. The smallest absolute Gasteiger partial charge is 0.356 e. The van der Waals surface area contributed by atoms with Crippen LogP contribution in [0.2, 0.25) is 0 Å². The molecule has 0 spiro atoms. The fourth-order valence-electron chi connectivity index (χ4n) is 2.10. The minimum Gasteiger partial charge on any atom is -0.356 e. The van der Waals surface area contributed by atoms with Gasteiger partial charge in [-0.15, -0.1) is 26.3 Å². The number of nitrogens with zero attached hydrogens (tertiary/aromatic N) is 2. The minimum atomic E-state index is -5.96. The molecule has 1 aliphatic heterocycles. The highest BCUT2D eigenvalue weighted by Crippen LogP contribution is 2.41. The van der Waals surface area contributed by atoms with Gasteiger partial charge in [0.2, 0.25) is 0 Å². The van der Waals surface area contributed by atoms with Crippen molar-refractivity contribution in [1.82, 2.24) is 9.80 Å². The molecule has 1 heterocycles. The van der Waals surface area contributed by atoms with Crippen LogP contribution in [0.3, 0.4) is 0 Å². The molecule has 0 aromatic rings. The first-order valence-electron chi connectivity index (χ1n) is 5.84. The van der Waals surface area contributed by atoms with E-state index in [4.69, 9.17) is 0 Å². The Morgan fingerprint density at radius 3 is 1.55 bits per heavy atom. The number of hydrogen-bond acceptors (Lipinski definition) is 2. The zero-order chi connectivity index (χ0) is 17.3. The Morgan fingerprint density at radius 1 is 0.864 bits per heavy atom. The molecule has 0 aromatic carbocycles. The van der Waals surface area contributed by atoms with Gasteiger partial charge in [0.1, 0.15) is 12.2 Å². The lowest BCUT2D eigenvalue weighted by molar-refractivity contribution is -0.365. The summed E-state index contributed by atoms with van der Waals surface area (Å²) >= 11 is 0. The Morgan fingerprint density at radius 2 is 1.27 bits per heavy atom. The van der Waals surface area contributed by atoms with Crippen molar-refractivity contribution in [1.29, 1.82) is 0 Å². The summed E-state index contributed by atoms with van der Waals surface area (Å²) < 4.78 is 125. The number of alkyl halides is 9. The molecule has 0 aromatic heterocycles. The monoisotopic (exact) mass is 348 g/mol. The van der Waals surface area contributed by atoms with E-state index in [1.807, 2.05) is 0 Å². The summed E-state index contributed by atoms with van der Waals surface area (Å²) in [6.07, 6.45) is -18.9. The third-order valence-electron chi connectivity index (χ3n) is 3.12. The van der Waals surface area contributed by atoms with E-state index in [9.17, 15) is 43.9 Å². The molecule has 0 bridgehead atoms. The Hall–Kier alpha value is -1.36. The van der Waals surface area contributed by atoms with Crippen molar-refractivity contribution in [3.63, 3.8) is 0 Å². The van der Waals surface area contributed by atoms with E-state index >= 15 is 0 Å². The van der Waals surface area contributed by atoms with Gasteiger partial charge in [-0.1, -0.05) is 0 Å². The molecule has 1 aliphatic rings. The summed E-state index contributed by atoms with van der Waals surface area (Å²) in [6.45, 7) is -1.55. The van der Waals surface area contributed by atoms with E-state index in [1.54, 1.807) is 0 Å². The maximum Gasteiger partial charge on any atom is 0.493 e. The lowest BCUT2D eigenvalue weighted by atomic mass is 9.96. The maximum atomic E-state index is 12.6. The van der Waals surface area contributed by atoms with Crippen molar-refractivity contribution >= 4 is 0 Å². The molecule has 0 aliphatic carbocycles. The summed E-state index contributed by atoms with van der Waals surface area (Å²) in [4.78, 5) is -1.77. The first-order chi connectivity index (χ1) is 9.78. The van der Waals surface area contributed by atoms with Crippen LogP contribution in [0.4, 0.5) is 43.9 Å². The molecule has 0 unspecified atom stereocenters. The Kier molecular flexibility index (Phi) is 5.12. The number of halogens is 10. The number of likely N-dealkylation sites (tertiary alicyclic amines) is 1. The van der Waals surface area contributed by atoms with Crippen LogP contribution in [0, 0.1) is 5.92 Å². The summed E-state index contributed by atoms with van der Waals surface area (Å²) in [5, 5.41) is 0. The van der Waals surface area contributed by atoms with Crippen LogP contribution in [0.1, 0.15) is 12.8 Å². The lowest BCUT2D eigenvalue weighted by Crippen LogP contribution is -2.53. The zero-order valence-corrected chi connectivity index (χ0v) is 10.7. The highest BCUT2D eigenvalue weighted by atomic mass is 19.4. The molecule has 12 heteroatoms. The molecule has 0 atom stereocenters. The lowest BCUT2D eigenvalue weighted by Gasteiger charge is -2.40. The van der Waals surface area contributed by atoms with Crippen LogP contribution in [-0.4, -0.2) is 41.7 Å². The van der Waals surface area contributed by atoms with Gasteiger partial charge < -0.3 is 4.90 Å². The highest BCUT2D eigenvalue weighted by molar-refractivity contribution is 5.01. The molecule has 0 saturated carbocycles. The van der Waals surface area contributed by atoms with Crippen LogP contribution in [0.5, 0.6) is 0 Å². The highest BCUT2D eigenvalue weighted by Gasteiger charge is 2.56. The third kappa shape index (κ3) is 4.32.